The average Bonchev–Trinajstić information content (AvgIpc) is 2.95. The lowest BCUT2D eigenvalue weighted by molar-refractivity contribution is 0.112. The number of nitrogens with zero attached hydrogens (tertiary/aromatic N) is 1. The normalized spacial score (nSPS) is 10.6. The molecule has 5 aromatic carbocycles. The van der Waals surface area contributed by atoms with Gasteiger partial charge in [-0.3, -0.25) is 4.79 Å². The van der Waals surface area contributed by atoms with E-state index in [-0.39, 0.29) is 0 Å². The Morgan fingerprint density at radius 2 is 1.03 bits per heavy atom. The standard InChI is InChI=1S/C36H31NO/c1-26-22-27(2)36(28(3)23-26)37(34-20-16-30(25-38)17-21-34)33-18-14-29(15-19-33)24-35(31-10-6-4-7-11-31)32-12-8-5-9-13-32/h4-25H,1-3H3. The Bertz CT molecular complexity index is 1500. The van der Waals surface area contributed by atoms with E-state index < -0.39 is 0 Å². The summed E-state index contributed by atoms with van der Waals surface area (Å²) in [5.41, 5.74) is 12.3. The molecule has 0 aliphatic carbocycles. The van der Waals surface area contributed by atoms with Crippen molar-refractivity contribution in [1.29, 1.82) is 0 Å². The molecular formula is C36H31NO. The second-order valence-corrected chi connectivity index (χ2v) is 9.67. The Balaban J connectivity index is 1.60. The zero-order chi connectivity index (χ0) is 26.5. The smallest absolute Gasteiger partial charge is 0.150 e. The van der Waals surface area contributed by atoms with E-state index in [1.807, 2.05) is 36.4 Å². The van der Waals surface area contributed by atoms with E-state index in [4.69, 9.17) is 0 Å². The number of hydrogen-bond acceptors (Lipinski definition) is 2. The molecule has 0 atom stereocenters. The van der Waals surface area contributed by atoms with Crippen molar-refractivity contribution >= 4 is 35.0 Å². The number of hydrogen-bond donors (Lipinski definition) is 0. The Labute approximate surface area is 225 Å². The fraction of sp³-hybridized carbons (Fsp3) is 0.0833. The summed E-state index contributed by atoms with van der Waals surface area (Å²) in [7, 11) is 0. The number of benzene rings is 5. The lowest BCUT2D eigenvalue weighted by Gasteiger charge is -2.29. The van der Waals surface area contributed by atoms with Crippen LogP contribution in [0.25, 0.3) is 11.6 Å². The molecule has 2 heteroatoms. The van der Waals surface area contributed by atoms with E-state index in [1.165, 1.54) is 33.4 Å². The maximum Gasteiger partial charge on any atom is 0.150 e. The number of aldehydes is 1. The molecule has 0 bridgehead atoms. The molecule has 0 aliphatic rings. The van der Waals surface area contributed by atoms with Gasteiger partial charge in [0.25, 0.3) is 0 Å². The van der Waals surface area contributed by atoms with Gasteiger partial charge in [0.05, 0.1) is 5.69 Å². The molecule has 0 unspecified atom stereocenters. The van der Waals surface area contributed by atoms with Crippen LogP contribution in [0.15, 0.2) is 121 Å². The van der Waals surface area contributed by atoms with Gasteiger partial charge in [0.15, 0.2) is 0 Å². The van der Waals surface area contributed by atoms with Gasteiger partial charge in [-0.05, 0) is 96.6 Å². The third-order valence-corrected chi connectivity index (χ3v) is 6.78. The Morgan fingerprint density at radius 3 is 1.47 bits per heavy atom. The monoisotopic (exact) mass is 493 g/mol. The fourth-order valence-corrected chi connectivity index (χ4v) is 5.09. The van der Waals surface area contributed by atoms with Gasteiger partial charge >= 0.3 is 0 Å². The summed E-state index contributed by atoms with van der Waals surface area (Å²) in [4.78, 5) is 13.6. The van der Waals surface area contributed by atoms with Crippen molar-refractivity contribution in [2.45, 2.75) is 20.8 Å². The highest BCUT2D eigenvalue weighted by Crippen LogP contribution is 2.39. The molecule has 0 spiro atoms. The molecule has 0 saturated carbocycles. The van der Waals surface area contributed by atoms with Crippen molar-refractivity contribution in [3.63, 3.8) is 0 Å². The van der Waals surface area contributed by atoms with E-state index in [0.29, 0.717) is 5.56 Å². The van der Waals surface area contributed by atoms with E-state index in [2.05, 4.69) is 117 Å². The maximum atomic E-state index is 11.3. The van der Waals surface area contributed by atoms with Crippen LogP contribution < -0.4 is 4.90 Å². The van der Waals surface area contributed by atoms with E-state index in [0.717, 1.165) is 28.9 Å². The van der Waals surface area contributed by atoms with E-state index >= 15 is 0 Å². The first-order valence-electron chi connectivity index (χ1n) is 12.9. The quantitative estimate of drug-likeness (QED) is 0.166. The Hall–Kier alpha value is -4.69. The van der Waals surface area contributed by atoms with Gasteiger partial charge in [-0.2, -0.15) is 0 Å². The van der Waals surface area contributed by atoms with Crippen LogP contribution in [0, 0.1) is 20.8 Å². The van der Waals surface area contributed by atoms with Gasteiger partial charge in [-0.1, -0.05) is 90.5 Å². The van der Waals surface area contributed by atoms with Crippen molar-refractivity contribution in [1.82, 2.24) is 0 Å². The molecule has 0 fully saturated rings. The second-order valence-electron chi connectivity index (χ2n) is 9.67. The summed E-state index contributed by atoms with van der Waals surface area (Å²) in [5.74, 6) is 0. The molecule has 0 amide bonds. The highest BCUT2D eigenvalue weighted by molar-refractivity contribution is 5.92. The van der Waals surface area contributed by atoms with Crippen LogP contribution >= 0.6 is 0 Å². The molecule has 0 saturated heterocycles. The first-order chi connectivity index (χ1) is 18.5. The number of aryl methyl sites for hydroxylation is 3. The molecule has 5 aromatic rings. The van der Waals surface area contributed by atoms with Crippen LogP contribution in [0.4, 0.5) is 17.1 Å². The number of carbonyl (C=O) groups excluding carboxylic acids is 1. The van der Waals surface area contributed by atoms with Gasteiger partial charge in [-0.15, -0.1) is 0 Å². The Morgan fingerprint density at radius 1 is 0.579 bits per heavy atom. The van der Waals surface area contributed by atoms with Crippen LogP contribution in [-0.2, 0) is 0 Å². The lowest BCUT2D eigenvalue weighted by Crippen LogP contribution is -2.13. The summed E-state index contributed by atoms with van der Waals surface area (Å²) >= 11 is 0. The van der Waals surface area contributed by atoms with Gasteiger partial charge < -0.3 is 4.90 Å². The molecule has 5 rings (SSSR count). The number of rotatable bonds is 7. The SMILES string of the molecule is Cc1cc(C)c(N(c2ccc(C=O)cc2)c2ccc(C=C(c3ccccc3)c3ccccc3)cc2)c(C)c1. The minimum absolute atomic E-state index is 0.667. The van der Waals surface area contributed by atoms with Crippen LogP contribution in [-0.4, -0.2) is 6.29 Å². The van der Waals surface area contributed by atoms with Crippen molar-refractivity contribution < 1.29 is 4.79 Å². The summed E-state index contributed by atoms with van der Waals surface area (Å²) in [6, 6.07) is 41.9. The number of anilines is 3. The summed E-state index contributed by atoms with van der Waals surface area (Å²) in [6.07, 6.45) is 3.13. The third kappa shape index (κ3) is 5.35. The van der Waals surface area contributed by atoms with Gasteiger partial charge in [0.2, 0.25) is 0 Å². The summed E-state index contributed by atoms with van der Waals surface area (Å²) in [5, 5.41) is 0. The van der Waals surface area contributed by atoms with Gasteiger partial charge in [-0.25, -0.2) is 0 Å². The molecule has 0 heterocycles. The van der Waals surface area contributed by atoms with Gasteiger partial charge in [0, 0.05) is 16.9 Å². The molecule has 0 aliphatic heterocycles. The summed E-state index contributed by atoms with van der Waals surface area (Å²) < 4.78 is 0. The topological polar surface area (TPSA) is 20.3 Å². The molecule has 0 aromatic heterocycles. The average molecular weight is 494 g/mol. The molecule has 38 heavy (non-hydrogen) atoms. The lowest BCUT2D eigenvalue weighted by atomic mass is 9.95. The van der Waals surface area contributed by atoms with Crippen molar-refractivity contribution in [2.24, 2.45) is 0 Å². The molecule has 186 valence electrons. The summed E-state index contributed by atoms with van der Waals surface area (Å²) in [6.45, 7) is 6.45. The first-order valence-corrected chi connectivity index (χ1v) is 12.9. The predicted molar refractivity (Wildman–Crippen MR) is 161 cm³/mol. The predicted octanol–water partition coefficient (Wildman–Crippen LogP) is 9.48. The van der Waals surface area contributed by atoms with Crippen LogP contribution in [0.2, 0.25) is 0 Å². The van der Waals surface area contributed by atoms with Crippen molar-refractivity contribution in [2.75, 3.05) is 4.90 Å². The van der Waals surface area contributed by atoms with Crippen molar-refractivity contribution in [3.05, 3.63) is 160 Å². The van der Waals surface area contributed by atoms with Crippen LogP contribution in [0.5, 0.6) is 0 Å². The largest absolute Gasteiger partial charge is 0.310 e. The van der Waals surface area contributed by atoms with E-state index in [1.54, 1.807) is 0 Å². The van der Waals surface area contributed by atoms with E-state index in [9.17, 15) is 4.79 Å². The highest BCUT2D eigenvalue weighted by atomic mass is 16.1. The third-order valence-electron chi connectivity index (χ3n) is 6.78. The molecule has 0 N–H and O–H groups in total. The molecule has 2 nitrogen and oxygen atoms in total. The minimum atomic E-state index is 0.667. The van der Waals surface area contributed by atoms with Crippen LogP contribution in [0.3, 0.4) is 0 Å². The highest BCUT2D eigenvalue weighted by Gasteiger charge is 2.17. The first kappa shape index (κ1) is 25.0. The fourth-order valence-electron chi connectivity index (χ4n) is 5.09. The molecule has 0 radical (unpaired) electrons. The van der Waals surface area contributed by atoms with Crippen LogP contribution in [0.1, 0.15) is 43.7 Å². The zero-order valence-corrected chi connectivity index (χ0v) is 22.1. The maximum absolute atomic E-state index is 11.3. The zero-order valence-electron chi connectivity index (χ0n) is 22.1. The number of carbonyl (C=O) groups is 1. The Kier molecular flexibility index (Phi) is 7.33. The van der Waals surface area contributed by atoms with Gasteiger partial charge in [0.1, 0.15) is 6.29 Å². The minimum Gasteiger partial charge on any atom is -0.310 e. The second kappa shape index (κ2) is 11.1. The van der Waals surface area contributed by atoms with Crippen molar-refractivity contribution in [3.8, 4) is 0 Å². The molecular weight excluding hydrogens is 462 g/mol.